The van der Waals surface area contributed by atoms with Crippen LogP contribution in [0.4, 0.5) is 0 Å². The molecule has 0 heterocycles. The Balaban J connectivity index is 1.74. The molecule has 2 nitrogen and oxygen atoms in total. The van der Waals surface area contributed by atoms with Gasteiger partial charge in [-0.25, -0.2) is 0 Å². The van der Waals surface area contributed by atoms with Crippen molar-refractivity contribution in [2.45, 2.75) is 38.1 Å². The maximum Gasteiger partial charge on any atom is 0.224 e. The summed E-state index contributed by atoms with van der Waals surface area (Å²) in [4.78, 5) is 12.2. The molecule has 2 aromatic rings. The first-order chi connectivity index (χ1) is 10.3. The molecule has 1 N–H and O–H groups in total. The number of rotatable bonds is 4. The van der Waals surface area contributed by atoms with E-state index in [1.54, 1.807) is 0 Å². The fourth-order valence-electron chi connectivity index (χ4n) is 3.10. The third-order valence-corrected chi connectivity index (χ3v) is 4.17. The second-order valence-electron chi connectivity index (χ2n) is 5.75. The Morgan fingerprint density at radius 2 is 1.62 bits per heavy atom. The van der Waals surface area contributed by atoms with Gasteiger partial charge < -0.3 is 5.32 Å². The predicted molar refractivity (Wildman–Crippen MR) is 86.0 cm³/mol. The van der Waals surface area contributed by atoms with Crippen molar-refractivity contribution >= 4 is 5.91 Å². The van der Waals surface area contributed by atoms with E-state index in [4.69, 9.17) is 0 Å². The van der Waals surface area contributed by atoms with Crippen molar-refractivity contribution in [3.63, 3.8) is 0 Å². The zero-order chi connectivity index (χ0) is 14.5. The number of nitrogens with one attached hydrogen (secondary N) is 1. The van der Waals surface area contributed by atoms with Gasteiger partial charge in [-0.1, -0.05) is 67.4 Å². The van der Waals surface area contributed by atoms with Gasteiger partial charge in [-0.3, -0.25) is 4.79 Å². The summed E-state index contributed by atoms with van der Waals surface area (Å²) in [5.74, 6) is 0.144. The molecular weight excluding hydrogens is 258 g/mol. The highest BCUT2D eigenvalue weighted by atomic mass is 16.1. The van der Waals surface area contributed by atoms with Crippen LogP contribution in [0, 0.1) is 0 Å². The molecule has 1 aliphatic carbocycles. The molecule has 1 fully saturated rings. The number of hydrogen-bond donors (Lipinski definition) is 1. The Hall–Kier alpha value is -2.09. The van der Waals surface area contributed by atoms with Crippen molar-refractivity contribution in [3.05, 3.63) is 60.2 Å². The first-order valence-electron chi connectivity index (χ1n) is 7.75. The number of carbonyl (C=O) groups is 1. The molecule has 0 aromatic heterocycles. The van der Waals surface area contributed by atoms with Crippen molar-refractivity contribution in [1.82, 2.24) is 5.32 Å². The van der Waals surface area contributed by atoms with Crippen LogP contribution in [0.15, 0.2) is 54.6 Å². The van der Waals surface area contributed by atoms with Crippen LogP contribution in [0.3, 0.4) is 0 Å². The van der Waals surface area contributed by atoms with Crippen LogP contribution in [0.2, 0.25) is 0 Å². The lowest BCUT2D eigenvalue weighted by atomic mass is 9.97. The SMILES string of the molecule is O=C(Cc1ccccc1-c1ccccc1)NC1CCCC1. The van der Waals surface area contributed by atoms with E-state index in [0.29, 0.717) is 12.5 Å². The van der Waals surface area contributed by atoms with Gasteiger partial charge in [0.2, 0.25) is 5.91 Å². The van der Waals surface area contributed by atoms with E-state index in [2.05, 4.69) is 29.6 Å². The molecule has 2 aromatic carbocycles. The quantitative estimate of drug-likeness (QED) is 0.902. The highest BCUT2D eigenvalue weighted by molar-refractivity contribution is 5.82. The van der Waals surface area contributed by atoms with E-state index < -0.39 is 0 Å². The van der Waals surface area contributed by atoms with Gasteiger partial charge in [0.25, 0.3) is 0 Å². The average Bonchev–Trinajstić information content (AvgIpc) is 3.01. The summed E-state index contributed by atoms with van der Waals surface area (Å²) in [6, 6.07) is 18.8. The van der Waals surface area contributed by atoms with Crippen molar-refractivity contribution in [1.29, 1.82) is 0 Å². The normalized spacial score (nSPS) is 15.0. The van der Waals surface area contributed by atoms with Gasteiger partial charge in [0, 0.05) is 6.04 Å². The zero-order valence-electron chi connectivity index (χ0n) is 12.2. The van der Waals surface area contributed by atoms with Crippen LogP contribution in [-0.4, -0.2) is 11.9 Å². The highest BCUT2D eigenvalue weighted by Gasteiger charge is 2.17. The summed E-state index contributed by atoms with van der Waals surface area (Å²) in [7, 11) is 0. The van der Waals surface area contributed by atoms with Crippen LogP contribution in [0.5, 0.6) is 0 Å². The van der Waals surface area contributed by atoms with Gasteiger partial charge in [-0.05, 0) is 29.5 Å². The summed E-state index contributed by atoms with van der Waals surface area (Å²) in [5, 5.41) is 3.17. The first-order valence-corrected chi connectivity index (χ1v) is 7.75. The Kier molecular flexibility index (Phi) is 4.34. The van der Waals surface area contributed by atoms with E-state index in [-0.39, 0.29) is 5.91 Å². The minimum Gasteiger partial charge on any atom is -0.353 e. The largest absolute Gasteiger partial charge is 0.353 e. The smallest absolute Gasteiger partial charge is 0.224 e. The van der Waals surface area contributed by atoms with E-state index in [1.165, 1.54) is 18.4 Å². The van der Waals surface area contributed by atoms with Crippen LogP contribution in [0.1, 0.15) is 31.2 Å². The third-order valence-electron chi connectivity index (χ3n) is 4.17. The Morgan fingerprint density at radius 1 is 0.952 bits per heavy atom. The molecule has 0 unspecified atom stereocenters. The van der Waals surface area contributed by atoms with E-state index in [9.17, 15) is 4.79 Å². The van der Waals surface area contributed by atoms with Gasteiger partial charge in [0.05, 0.1) is 6.42 Å². The number of benzene rings is 2. The predicted octanol–water partition coefficient (Wildman–Crippen LogP) is 3.95. The summed E-state index contributed by atoms with van der Waals surface area (Å²) in [6.45, 7) is 0. The van der Waals surface area contributed by atoms with Gasteiger partial charge in [0.15, 0.2) is 0 Å². The minimum atomic E-state index is 0.144. The molecule has 0 atom stereocenters. The highest BCUT2D eigenvalue weighted by Crippen LogP contribution is 2.24. The maximum atomic E-state index is 12.2. The molecular formula is C19H21NO. The second-order valence-corrected chi connectivity index (χ2v) is 5.75. The molecule has 0 saturated heterocycles. The lowest BCUT2D eigenvalue weighted by Gasteiger charge is -2.14. The lowest BCUT2D eigenvalue weighted by molar-refractivity contribution is -0.121. The van der Waals surface area contributed by atoms with Crippen LogP contribution >= 0.6 is 0 Å². The van der Waals surface area contributed by atoms with E-state index >= 15 is 0 Å². The first kappa shape index (κ1) is 13.9. The topological polar surface area (TPSA) is 29.1 Å². The fourth-order valence-corrected chi connectivity index (χ4v) is 3.10. The number of amides is 1. The third kappa shape index (κ3) is 3.52. The minimum absolute atomic E-state index is 0.144. The van der Waals surface area contributed by atoms with Crippen LogP contribution in [0.25, 0.3) is 11.1 Å². The molecule has 0 aliphatic heterocycles. The lowest BCUT2D eigenvalue weighted by Crippen LogP contribution is -2.33. The summed E-state index contributed by atoms with van der Waals surface area (Å²) < 4.78 is 0. The van der Waals surface area contributed by atoms with Crippen molar-refractivity contribution in [2.75, 3.05) is 0 Å². The van der Waals surface area contributed by atoms with Gasteiger partial charge >= 0.3 is 0 Å². The number of carbonyl (C=O) groups excluding carboxylic acids is 1. The molecule has 3 rings (SSSR count). The Morgan fingerprint density at radius 3 is 2.38 bits per heavy atom. The van der Waals surface area contributed by atoms with Crippen molar-refractivity contribution < 1.29 is 4.79 Å². The number of hydrogen-bond acceptors (Lipinski definition) is 1. The van der Waals surface area contributed by atoms with Gasteiger partial charge in [-0.15, -0.1) is 0 Å². The maximum absolute atomic E-state index is 12.2. The monoisotopic (exact) mass is 279 g/mol. The molecule has 0 bridgehead atoms. The fraction of sp³-hybridized carbons (Fsp3) is 0.316. The molecule has 1 amide bonds. The molecule has 0 radical (unpaired) electrons. The van der Waals surface area contributed by atoms with E-state index in [1.807, 2.05) is 30.3 Å². The van der Waals surface area contributed by atoms with Gasteiger partial charge in [-0.2, -0.15) is 0 Å². The standard InChI is InChI=1S/C19H21NO/c21-19(20-17-11-5-6-12-17)14-16-10-4-7-13-18(16)15-8-2-1-3-9-15/h1-4,7-10,13,17H,5-6,11-12,14H2,(H,20,21). The summed E-state index contributed by atoms with van der Waals surface area (Å²) in [6.07, 6.45) is 5.21. The molecule has 2 heteroatoms. The van der Waals surface area contributed by atoms with E-state index in [0.717, 1.165) is 24.0 Å². The average molecular weight is 279 g/mol. The molecule has 21 heavy (non-hydrogen) atoms. The summed E-state index contributed by atoms with van der Waals surface area (Å²) >= 11 is 0. The van der Waals surface area contributed by atoms with Crippen LogP contribution in [-0.2, 0) is 11.2 Å². The van der Waals surface area contributed by atoms with Gasteiger partial charge in [0.1, 0.15) is 0 Å². The Bertz CT molecular complexity index is 600. The van der Waals surface area contributed by atoms with Crippen molar-refractivity contribution in [2.24, 2.45) is 0 Å². The Labute approximate surface area is 126 Å². The van der Waals surface area contributed by atoms with Crippen molar-refractivity contribution in [3.8, 4) is 11.1 Å². The molecule has 1 saturated carbocycles. The molecule has 108 valence electrons. The molecule has 0 spiro atoms. The molecule has 1 aliphatic rings. The second kappa shape index (κ2) is 6.57. The summed E-state index contributed by atoms with van der Waals surface area (Å²) in [5.41, 5.74) is 3.42. The van der Waals surface area contributed by atoms with Crippen LogP contribution < -0.4 is 5.32 Å². The zero-order valence-corrected chi connectivity index (χ0v) is 12.2.